The molecule has 2 aliphatic rings. The van der Waals surface area contributed by atoms with Gasteiger partial charge in [-0.3, -0.25) is 4.79 Å². The fourth-order valence-corrected chi connectivity index (χ4v) is 3.66. The number of piperidine rings is 2. The standard InChI is InChI=1S/C14H24N6O/c1-19-12-3-2-4-13(19)6-10(5-12)16-14(21)9-20-8-11(7-15)17-18-20/h8,10,12-13H,2-7,9,15H2,1H3,(H,16,21). The summed E-state index contributed by atoms with van der Waals surface area (Å²) in [4.78, 5) is 14.6. The van der Waals surface area contributed by atoms with Gasteiger partial charge in [0.2, 0.25) is 5.91 Å². The van der Waals surface area contributed by atoms with Crippen molar-refractivity contribution in [3.8, 4) is 0 Å². The third-order valence-corrected chi connectivity index (χ3v) is 4.81. The lowest BCUT2D eigenvalue weighted by Gasteiger charge is -2.47. The monoisotopic (exact) mass is 292 g/mol. The van der Waals surface area contributed by atoms with E-state index in [1.165, 1.54) is 19.3 Å². The molecule has 0 radical (unpaired) electrons. The van der Waals surface area contributed by atoms with Gasteiger partial charge in [0.25, 0.3) is 0 Å². The van der Waals surface area contributed by atoms with Gasteiger partial charge in [-0.1, -0.05) is 11.6 Å². The molecule has 2 bridgehead atoms. The summed E-state index contributed by atoms with van der Waals surface area (Å²) in [6.07, 6.45) is 7.67. The molecule has 1 aromatic heterocycles. The van der Waals surface area contributed by atoms with Gasteiger partial charge in [0.15, 0.2) is 0 Å². The van der Waals surface area contributed by atoms with E-state index in [1.807, 2.05) is 0 Å². The zero-order chi connectivity index (χ0) is 14.8. The van der Waals surface area contributed by atoms with Gasteiger partial charge in [-0.25, -0.2) is 4.68 Å². The number of carbonyl (C=O) groups is 1. The molecule has 2 unspecified atom stereocenters. The molecule has 0 aliphatic carbocycles. The highest BCUT2D eigenvalue weighted by molar-refractivity contribution is 5.75. The molecule has 0 saturated carbocycles. The largest absolute Gasteiger partial charge is 0.352 e. The van der Waals surface area contributed by atoms with Crippen molar-refractivity contribution < 1.29 is 4.79 Å². The Labute approximate surface area is 124 Å². The first-order valence-electron chi connectivity index (χ1n) is 7.76. The predicted molar refractivity (Wildman–Crippen MR) is 78.3 cm³/mol. The molecule has 1 amide bonds. The van der Waals surface area contributed by atoms with Crippen molar-refractivity contribution in [1.29, 1.82) is 0 Å². The summed E-state index contributed by atoms with van der Waals surface area (Å²) < 4.78 is 1.55. The van der Waals surface area contributed by atoms with Crippen molar-refractivity contribution in [2.75, 3.05) is 7.05 Å². The minimum absolute atomic E-state index is 0.0103. The molecule has 2 fully saturated rings. The lowest BCUT2D eigenvalue weighted by molar-refractivity contribution is -0.123. The Morgan fingerprint density at radius 3 is 2.76 bits per heavy atom. The first-order chi connectivity index (χ1) is 10.2. The normalized spacial score (nSPS) is 29.3. The van der Waals surface area contributed by atoms with Crippen molar-refractivity contribution in [3.63, 3.8) is 0 Å². The van der Waals surface area contributed by atoms with E-state index in [1.54, 1.807) is 10.9 Å². The summed E-state index contributed by atoms with van der Waals surface area (Å²) in [5, 5.41) is 11.0. The second-order valence-corrected chi connectivity index (χ2v) is 6.25. The summed E-state index contributed by atoms with van der Waals surface area (Å²) in [5.41, 5.74) is 6.19. The molecule has 3 N–H and O–H groups in total. The summed E-state index contributed by atoms with van der Waals surface area (Å²) in [5.74, 6) is 0.0103. The van der Waals surface area contributed by atoms with Gasteiger partial charge in [-0.15, -0.1) is 5.10 Å². The van der Waals surface area contributed by atoms with E-state index in [4.69, 9.17) is 5.73 Å². The highest BCUT2D eigenvalue weighted by Crippen LogP contribution is 2.32. The summed E-state index contributed by atoms with van der Waals surface area (Å²) >= 11 is 0. The molecule has 2 aliphatic heterocycles. The fraction of sp³-hybridized carbons (Fsp3) is 0.786. The van der Waals surface area contributed by atoms with Crippen molar-refractivity contribution in [1.82, 2.24) is 25.2 Å². The van der Waals surface area contributed by atoms with E-state index in [0.29, 0.717) is 30.4 Å². The third-order valence-electron chi connectivity index (χ3n) is 4.81. The van der Waals surface area contributed by atoms with Crippen LogP contribution in [0.2, 0.25) is 0 Å². The molecule has 3 rings (SSSR count). The van der Waals surface area contributed by atoms with Gasteiger partial charge < -0.3 is 16.0 Å². The van der Waals surface area contributed by atoms with E-state index < -0.39 is 0 Å². The van der Waals surface area contributed by atoms with Crippen LogP contribution >= 0.6 is 0 Å². The van der Waals surface area contributed by atoms with Crippen LogP contribution in [0.25, 0.3) is 0 Å². The summed E-state index contributed by atoms with van der Waals surface area (Å²) in [7, 11) is 2.22. The van der Waals surface area contributed by atoms with Crippen LogP contribution in [0.5, 0.6) is 0 Å². The number of nitrogens with two attached hydrogens (primary N) is 1. The van der Waals surface area contributed by atoms with Crippen LogP contribution in [-0.4, -0.2) is 51.0 Å². The maximum absolute atomic E-state index is 12.1. The molecular weight excluding hydrogens is 268 g/mol. The second-order valence-electron chi connectivity index (χ2n) is 6.25. The van der Waals surface area contributed by atoms with Crippen molar-refractivity contribution in [3.05, 3.63) is 11.9 Å². The van der Waals surface area contributed by atoms with Gasteiger partial charge >= 0.3 is 0 Å². The molecule has 0 spiro atoms. The third kappa shape index (κ3) is 3.24. The second kappa shape index (κ2) is 6.11. The highest BCUT2D eigenvalue weighted by atomic mass is 16.2. The molecule has 116 valence electrons. The van der Waals surface area contributed by atoms with Gasteiger partial charge in [0.1, 0.15) is 6.54 Å². The van der Waals surface area contributed by atoms with Gasteiger partial charge in [-0.2, -0.15) is 0 Å². The van der Waals surface area contributed by atoms with Crippen LogP contribution in [0.15, 0.2) is 6.20 Å². The van der Waals surface area contributed by atoms with E-state index in [-0.39, 0.29) is 12.5 Å². The maximum atomic E-state index is 12.1. The molecule has 21 heavy (non-hydrogen) atoms. The summed E-state index contributed by atoms with van der Waals surface area (Å²) in [6.45, 7) is 0.564. The van der Waals surface area contributed by atoms with Crippen LogP contribution in [0, 0.1) is 0 Å². The number of hydrogen-bond donors (Lipinski definition) is 2. The van der Waals surface area contributed by atoms with Crippen LogP contribution < -0.4 is 11.1 Å². The van der Waals surface area contributed by atoms with Crippen LogP contribution in [0.4, 0.5) is 0 Å². The molecule has 1 aromatic rings. The Hall–Kier alpha value is -1.47. The lowest BCUT2D eigenvalue weighted by Crippen LogP contribution is -2.55. The van der Waals surface area contributed by atoms with Crippen LogP contribution in [0.1, 0.15) is 37.8 Å². The van der Waals surface area contributed by atoms with Crippen molar-refractivity contribution in [2.45, 2.75) is 63.3 Å². The number of fused-ring (bicyclic) bond motifs is 2. The van der Waals surface area contributed by atoms with E-state index in [2.05, 4.69) is 27.6 Å². The Balaban J connectivity index is 1.53. The molecule has 3 heterocycles. The van der Waals surface area contributed by atoms with E-state index >= 15 is 0 Å². The quantitative estimate of drug-likeness (QED) is 0.807. The van der Waals surface area contributed by atoms with Crippen LogP contribution in [0.3, 0.4) is 0 Å². The molecular formula is C14H24N6O. The predicted octanol–water partition coefficient (Wildman–Crippen LogP) is -0.132. The van der Waals surface area contributed by atoms with Crippen LogP contribution in [-0.2, 0) is 17.9 Å². The Bertz CT molecular complexity index is 487. The van der Waals surface area contributed by atoms with Crippen molar-refractivity contribution >= 4 is 5.91 Å². The average Bonchev–Trinajstić information content (AvgIpc) is 2.87. The number of nitrogens with one attached hydrogen (secondary N) is 1. The Kier molecular flexibility index (Phi) is 4.21. The Morgan fingerprint density at radius 2 is 2.14 bits per heavy atom. The van der Waals surface area contributed by atoms with E-state index in [0.717, 1.165) is 12.8 Å². The lowest BCUT2D eigenvalue weighted by atomic mass is 9.82. The number of amides is 1. The van der Waals surface area contributed by atoms with Gasteiger partial charge in [-0.05, 0) is 32.7 Å². The average molecular weight is 292 g/mol. The smallest absolute Gasteiger partial charge is 0.242 e. The number of nitrogens with zero attached hydrogens (tertiary/aromatic N) is 4. The van der Waals surface area contributed by atoms with Gasteiger partial charge in [0.05, 0.1) is 11.9 Å². The molecule has 7 heteroatoms. The first-order valence-corrected chi connectivity index (χ1v) is 7.76. The minimum atomic E-state index is 0.0103. The number of carbonyl (C=O) groups excluding carboxylic acids is 1. The molecule has 7 nitrogen and oxygen atoms in total. The number of rotatable bonds is 4. The molecule has 2 saturated heterocycles. The fourth-order valence-electron chi connectivity index (χ4n) is 3.66. The zero-order valence-electron chi connectivity index (χ0n) is 12.5. The Morgan fingerprint density at radius 1 is 1.43 bits per heavy atom. The topological polar surface area (TPSA) is 89.1 Å². The van der Waals surface area contributed by atoms with E-state index in [9.17, 15) is 4.79 Å². The molecule has 0 aromatic carbocycles. The summed E-state index contributed by atoms with van der Waals surface area (Å²) in [6, 6.07) is 1.54. The number of hydrogen-bond acceptors (Lipinski definition) is 5. The molecule has 2 atom stereocenters. The number of aromatic nitrogens is 3. The first kappa shape index (κ1) is 14.5. The SMILES string of the molecule is CN1C2CCCC1CC(NC(=O)Cn1cc(CN)nn1)C2. The van der Waals surface area contributed by atoms with Crippen molar-refractivity contribution in [2.24, 2.45) is 5.73 Å². The minimum Gasteiger partial charge on any atom is -0.352 e. The maximum Gasteiger partial charge on any atom is 0.242 e. The zero-order valence-corrected chi connectivity index (χ0v) is 12.5. The highest BCUT2D eigenvalue weighted by Gasteiger charge is 2.36. The van der Waals surface area contributed by atoms with Gasteiger partial charge in [0, 0.05) is 24.7 Å².